The Hall–Kier alpha value is -4.46. The van der Waals surface area contributed by atoms with Gasteiger partial charge in [-0.25, -0.2) is 4.98 Å². The Morgan fingerprint density at radius 2 is 1.94 bits per heavy atom. The number of pyridine rings is 3. The summed E-state index contributed by atoms with van der Waals surface area (Å²) in [4.78, 5) is 16.7. The summed E-state index contributed by atoms with van der Waals surface area (Å²) in [6, 6.07) is 9.88. The lowest BCUT2D eigenvalue weighted by Crippen LogP contribution is -1.88. The SMILES string of the molecule is COc1cncc(-c2cc3c(-c4cc5c(-c6ccoc6)ccnc5[nH]4)n[nH]c3cn2)c1. The Morgan fingerprint density at radius 3 is 2.81 bits per heavy atom. The fraction of sp³-hybridized carbons (Fsp3) is 0.0435. The van der Waals surface area contributed by atoms with Crippen molar-refractivity contribution in [3.05, 3.63) is 67.6 Å². The number of hydrogen-bond donors (Lipinski definition) is 2. The Morgan fingerprint density at radius 1 is 0.968 bits per heavy atom. The van der Waals surface area contributed by atoms with Gasteiger partial charge in [0.2, 0.25) is 0 Å². The summed E-state index contributed by atoms with van der Waals surface area (Å²) >= 11 is 0. The van der Waals surface area contributed by atoms with E-state index in [0.29, 0.717) is 5.75 Å². The number of rotatable bonds is 4. The Balaban J connectivity index is 1.50. The molecule has 0 aromatic carbocycles. The molecule has 0 radical (unpaired) electrons. The third kappa shape index (κ3) is 2.84. The first-order valence-corrected chi connectivity index (χ1v) is 9.64. The average Bonchev–Trinajstić information content (AvgIpc) is 3.57. The largest absolute Gasteiger partial charge is 0.495 e. The average molecular weight is 408 g/mol. The summed E-state index contributed by atoms with van der Waals surface area (Å²) in [7, 11) is 1.62. The number of aromatic nitrogens is 6. The van der Waals surface area contributed by atoms with Crippen molar-refractivity contribution in [2.24, 2.45) is 0 Å². The smallest absolute Gasteiger partial charge is 0.138 e. The lowest BCUT2D eigenvalue weighted by molar-refractivity contribution is 0.413. The maximum Gasteiger partial charge on any atom is 0.138 e. The predicted octanol–water partition coefficient (Wildman–Crippen LogP) is 4.83. The fourth-order valence-corrected chi connectivity index (χ4v) is 3.77. The number of ether oxygens (including phenoxy) is 1. The van der Waals surface area contributed by atoms with Crippen LogP contribution in [0.4, 0.5) is 0 Å². The molecule has 0 unspecified atom stereocenters. The van der Waals surface area contributed by atoms with E-state index in [1.807, 2.05) is 24.3 Å². The molecule has 2 N–H and O–H groups in total. The maximum absolute atomic E-state index is 5.29. The van der Waals surface area contributed by atoms with Gasteiger partial charge in [0, 0.05) is 34.3 Å². The second-order valence-corrected chi connectivity index (χ2v) is 7.12. The third-order valence-electron chi connectivity index (χ3n) is 5.31. The van der Waals surface area contributed by atoms with Crippen molar-refractivity contribution in [2.45, 2.75) is 0 Å². The van der Waals surface area contributed by atoms with Gasteiger partial charge in [0.15, 0.2) is 0 Å². The van der Waals surface area contributed by atoms with Crippen molar-refractivity contribution in [3.63, 3.8) is 0 Å². The second-order valence-electron chi connectivity index (χ2n) is 7.12. The summed E-state index contributed by atoms with van der Waals surface area (Å²) in [6.07, 6.45) is 10.4. The van der Waals surface area contributed by atoms with Crippen molar-refractivity contribution < 1.29 is 9.15 Å². The van der Waals surface area contributed by atoms with Crippen LogP contribution in [0.2, 0.25) is 0 Å². The zero-order valence-electron chi connectivity index (χ0n) is 16.5. The number of hydrogen-bond acceptors (Lipinski definition) is 6. The van der Waals surface area contributed by atoms with Gasteiger partial charge in [-0.05, 0) is 35.9 Å². The van der Waals surface area contributed by atoms with Crippen molar-refractivity contribution in [2.75, 3.05) is 7.11 Å². The number of furan rings is 1. The quantitative estimate of drug-likeness (QED) is 0.433. The highest BCUT2D eigenvalue weighted by molar-refractivity contribution is 6.00. The van der Waals surface area contributed by atoms with Crippen LogP contribution < -0.4 is 4.74 Å². The molecule has 0 aliphatic heterocycles. The number of fused-ring (bicyclic) bond motifs is 2. The van der Waals surface area contributed by atoms with Crippen LogP contribution in [-0.4, -0.2) is 37.2 Å². The topological polar surface area (TPSA) is 106 Å². The Kier molecular flexibility index (Phi) is 3.82. The molecule has 0 fully saturated rings. The first-order valence-electron chi connectivity index (χ1n) is 9.64. The van der Waals surface area contributed by atoms with Crippen LogP contribution in [-0.2, 0) is 0 Å². The Bertz CT molecular complexity index is 1530. The van der Waals surface area contributed by atoms with Gasteiger partial charge in [-0.1, -0.05) is 0 Å². The van der Waals surface area contributed by atoms with Gasteiger partial charge < -0.3 is 14.1 Å². The first-order chi connectivity index (χ1) is 15.3. The molecular formula is C23H16N6O2. The van der Waals surface area contributed by atoms with Crippen molar-refractivity contribution >= 4 is 21.9 Å². The Labute approximate surface area is 176 Å². The van der Waals surface area contributed by atoms with Crippen molar-refractivity contribution in [1.29, 1.82) is 0 Å². The third-order valence-corrected chi connectivity index (χ3v) is 5.31. The van der Waals surface area contributed by atoms with Crippen molar-refractivity contribution in [1.82, 2.24) is 30.1 Å². The standard InChI is InChI=1S/C23H16N6O2/c1-30-15-6-14(9-24-10-15)19-8-18-21(11-26-19)28-29-22(18)20-7-17-16(13-3-5-31-12-13)2-4-25-23(17)27-20/h2-12H,1H3,(H,25,27)(H,28,29). The molecule has 0 saturated carbocycles. The highest BCUT2D eigenvalue weighted by Crippen LogP contribution is 2.34. The van der Waals surface area contributed by atoms with Crippen LogP contribution >= 0.6 is 0 Å². The van der Waals surface area contributed by atoms with Gasteiger partial charge in [-0.15, -0.1) is 0 Å². The van der Waals surface area contributed by atoms with Crippen LogP contribution in [0.15, 0.2) is 72.1 Å². The molecule has 0 amide bonds. The summed E-state index contributed by atoms with van der Waals surface area (Å²) in [5, 5.41) is 9.55. The summed E-state index contributed by atoms with van der Waals surface area (Å²) in [5.41, 5.74) is 7.00. The van der Waals surface area contributed by atoms with Gasteiger partial charge in [0.25, 0.3) is 0 Å². The number of methoxy groups -OCH3 is 1. The second kappa shape index (κ2) is 6.81. The van der Waals surface area contributed by atoms with Crippen LogP contribution in [0, 0.1) is 0 Å². The van der Waals surface area contributed by atoms with E-state index >= 15 is 0 Å². The minimum atomic E-state index is 0.681. The molecule has 6 heterocycles. The van der Waals surface area contributed by atoms with Gasteiger partial charge in [-0.3, -0.25) is 15.1 Å². The molecule has 6 aromatic rings. The van der Waals surface area contributed by atoms with E-state index in [0.717, 1.165) is 55.7 Å². The lowest BCUT2D eigenvalue weighted by Gasteiger charge is -2.04. The number of H-pyrrole nitrogens is 2. The van der Waals surface area contributed by atoms with Crippen molar-refractivity contribution in [3.8, 4) is 39.5 Å². The molecule has 0 aliphatic carbocycles. The molecule has 0 atom stereocenters. The van der Waals surface area contributed by atoms with E-state index in [1.54, 1.807) is 44.4 Å². The molecule has 31 heavy (non-hydrogen) atoms. The molecule has 0 spiro atoms. The monoisotopic (exact) mass is 408 g/mol. The first kappa shape index (κ1) is 17.4. The summed E-state index contributed by atoms with van der Waals surface area (Å²) in [5.74, 6) is 0.681. The highest BCUT2D eigenvalue weighted by Gasteiger charge is 2.15. The number of nitrogens with one attached hydrogen (secondary N) is 2. The normalized spacial score (nSPS) is 11.4. The van der Waals surface area contributed by atoms with Gasteiger partial charge >= 0.3 is 0 Å². The van der Waals surface area contributed by atoms with Crippen LogP contribution in [0.1, 0.15) is 0 Å². The molecular weight excluding hydrogens is 392 g/mol. The van der Waals surface area contributed by atoms with E-state index in [2.05, 4.69) is 36.2 Å². The fourth-order valence-electron chi connectivity index (χ4n) is 3.77. The predicted molar refractivity (Wildman–Crippen MR) is 116 cm³/mol. The van der Waals surface area contributed by atoms with E-state index in [9.17, 15) is 0 Å². The van der Waals surface area contributed by atoms with Gasteiger partial charge in [0.05, 0.1) is 48.9 Å². The summed E-state index contributed by atoms with van der Waals surface area (Å²) in [6.45, 7) is 0. The minimum absolute atomic E-state index is 0.681. The molecule has 8 heteroatoms. The number of aromatic amines is 2. The highest BCUT2D eigenvalue weighted by atomic mass is 16.5. The van der Waals surface area contributed by atoms with E-state index in [1.165, 1.54) is 0 Å². The van der Waals surface area contributed by atoms with E-state index < -0.39 is 0 Å². The zero-order valence-corrected chi connectivity index (χ0v) is 16.5. The lowest BCUT2D eigenvalue weighted by atomic mass is 10.1. The van der Waals surface area contributed by atoms with Gasteiger partial charge in [-0.2, -0.15) is 5.10 Å². The molecule has 0 saturated heterocycles. The zero-order chi connectivity index (χ0) is 20.8. The van der Waals surface area contributed by atoms with E-state index in [-0.39, 0.29) is 0 Å². The molecule has 150 valence electrons. The summed E-state index contributed by atoms with van der Waals surface area (Å²) < 4.78 is 10.5. The minimum Gasteiger partial charge on any atom is -0.495 e. The van der Waals surface area contributed by atoms with Crippen LogP contribution in [0.5, 0.6) is 5.75 Å². The molecule has 0 aliphatic rings. The molecule has 0 bridgehead atoms. The maximum atomic E-state index is 5.29. The van der Waals surface area contributed by atoms with Gasteiger partial charge in [0.1, 0.15) is 17.1 Å². The van der Waals surface area contributed by atoms with Crippen LogP contribution in [0.25, 0.3) is 55.7 Å². The van der Waals surface area contributed by atoms with E-state index in [4.69, 9.17) is 9.15 Å². The number of nitrogens with zero attached hydrogens (tertiary/aromatic N) is 4. The molecule has 6 aromatic heterocycles. The molecule has 6 rings (SSSR count). The van der Waals surface area contributed by atoms with Crippen LogP contribution in [0.3, 0.4) is 0 Å². The molecule has 8 nitrogen and oxygen atoms in total.